The summed E-state index contributed by atoms with van der Waals surface area (Å²) in [6, 6.07) is 5.32. The normalized spacial score (nSPS) is 9.89. The Morgan fingerprint density at radius 3 is 2.63 bits per heavy atom. The van der Waals surface area contributed by atoms with E-state index < -0.39 is 0 Å². The SMILES string of the molecule is CSc1ncc(Br)c(Nc2ccc(Cl)c(Cl)c2)n1.Cl. The highest BCUT2D eigenvalue weighted by Gasteiger charge is 2.06. The maximum atomic E-state index is 5.96. The zero-order valence-corrected chi connectivity index (χ0v) is 14.4. The van der Waals surface area contributed by atoms with Crippen LogP contribution in [0.2, 0.25) is 10.0 Å². The number of anilines is 2. The fraction of sp³-hybridized carbons (Fsp3) is 0.0909. The molecule has 0 bridgehead atoms. The summed E-state index contributed by atoms with van der Waals surface area (Å²) in [7, 11) is 0. The van der Waals surface area contributed by atoms with Gasteiger partial charge in [-0.15, -0.1) is 12.4 Å². The summed E-state index contributed by atoms with van der Waals surface area (Å²) in [5, 5.41) is 4.87. The molecular formula is C11H9BrCl3N3S. The van der Waals surface area contributed by atoms with Crippen LogP contribution in [0.3, 0.4) is 0 Å². The summed E-state index contributed by atoms with van der Waals surface area (Å²) >= 11 is 16.7. The number of rotatable bonds is 3. The lowest BCUT2D eigenvalue weighted by Crippen LogP contribution is -1.97. The maximum absolute atomic E-state index is 5.96. The monoisotopic (exact) mass is 399 g/mol. The number of halogens is 4. The molecule has 0 aliphatic heterocycles. The van der Waals surface area contributed by atoms with Gasteiger partial charge in [-0.2, -0.15) is 0 Å². The Bertz CT molecular complexity index is 583. The van der Waals surface area contributed by atoms with Crippen LogP contribution in [-0.2, 0) is 0 Å². The number of hydrogen-bond donors (Lipinski definition) is 1. The molecule has 0 aliphatic carbocycles. The van der Waals surface area contributed by atoms with E-state index in [2.05, 4.69) is 31.2 Å². The largest absolute Gasteiger partial charge is 0.339 e. The maximum Gasteiger partial charge on any atom is 0.189 e. The highest BCUT2D eigenvalue weighted by molar-refractivity contribution is 9.10. The van der Waals surface area contributed by atoms with Crippen molar-refractivity contribution in [2.45, 2.75) is 5.16 Å². The number of aromatic nitrogens is 2. The van der Waals surface area contributed by atoms with Gasteiger partial charge in [0.1, 0.15) is 5.82 Å². The minimum Gasteiger partial charge on any atom is -0.339 e. The van der Waals surface area contributed by atoms with Gasteiger partial charge in [-0.05, 0) is 40.4 Å². The lowest BCUT2D eigenvalue weighted by molar-refractivity contribution is 0.967. The number of thioether (sulfide) groups is 1. The predicted molar refractivity (Wildman–Crippen MR) is 88.5 cm³/mol. The van der Waals surface area contributed by atoms with Gasteiger partial charge in [-0.3, -0.25) is 0 Å². The molecule has 0 amide bonds. The first-order chi connectivity index (χ1) is 8.60. The van der Waals surface area contributed by atoms with E-state index in [1.807, 2.05) is 12.3 Å². The first kappa shape index (κ1) is 16.9. The summed E-state index contributed by atoms with van der Waals surface area (Å²) in [5.74, 6) is 0.688. The Labute approximate surface area is 140 Å². The van der Waals surface area contributed by atoms with Crippen molar-refractivity contribution in [3.63, 3.8) is 0 Å². The van der Waals surface area contributed by atoms with E-state index in [9.17, 15) is 0 Å². The van der Waals surface area contributed by atoms with E-state index >= 15 is 0 Å². The quantitative estimate of drug-likeness (QED) is 0.549. The van der Waals surface area contributed by atoms with Gasteiger partial charge in [0.2, 0.25) is 0 Å². The Kier molecular flexibility index (Phi) is 6.69. The molecule has 0 radical (unpaired) electrons. The number of hydrogen-bond acceptors (Lipinski definition) is 4. The molecule has 0 saturated carbocycles. The lowest BCUT2D eigenvalue weighted by atomic mass is 10.3. The van der Waals surface area contributed by atoms with Crippen molar-refractivity contribution >= 4 is 74.8 Å². The van der Waals surface area contributed by atoms with Crippen LogP contribution in [0.15, 0.2) is 34.0 Å². The van der Waals surface area contributed by atoms with Gasteiger partial charge in [0.05, 0.1) is 14.5 Å². The summed E-state index contributed by atoms with van der Waals surface area (Å²) in [5.41, 5.74) is 0.816. The van der Waals surface area contributed by atoms with Gasteiger partial charge in [0.15, 0.2) is 5.16 Å². The van der Waals surface area contributed by atoms with Crippen LogP contribution >= 0.6 is 63.3 Å². The molecule has 1 heterocycles. The smallest absolute Gasteiger partial charge is 0.189 e. The molecule has 0 atom stereocenters. The van der Waals surface area contributed by atoms with Gasteiger partial charge in [-0.25, -0.2) is 9.97 Å². The van der Waals surface area contributed by atoms with E-state index in [1.54, 1.807) is 18.3 Å². The highest BCUT2D eigenvalue weighted by Crippen LogP contribution is 2.29. The second-order valence-corrected chi connectivity index (χ2v) is 5.75. The number of nitrogens with one attached hydrogen (secondary N) is 1. The number of nitrogens with zero attached hydrogens (tertiary/aromatic N) is 2. The average molecular weight is 402 g/mol. The van der Waals surface area contributed by atoms with Crippen molar-refractivity contribution < 1.29 is 0 Å². The van der Waals surface area contributed by atoms with Gasteiger partial charge in [0, 0.05) is 11.9 Å². The minimum absolute atomic E-state index is 0. The molecule has 8 heteroatoms. The number of benzene rings is 1. The first-order valence-corrected chi connectivity index (χ1v) is 7.66. The molecule has 1 N–H and O–H groups in total. The van der Waals surface area contributed by atoms with Gasteiger partial charge < -0.3 is 5.32 Å². The van der Waals surface area contributed by atoms with Gasteiger partial charge in [-0.1, -0.05) is 35.0 Å². The molecule has 1 aromatic carbocycles. The van der Waals surface area contributed by atoms with E-state index in [-0.39, 0.29) is 12.4 Å². The molecule has 19 heavy (non-hydrogen) atoms. The molecule has 0 unspecified atom stereocenters. The fourth-order valence-corrected chi connectivity index (χ4v) is 2.18. The Morgan fingerprint density at radius 1 is 1.26 bits per heavy atom. The van der Waals surface area contributed by atoms with Crippen molar-refractivity contribution in [3.05, 3.63) is 38.9 Å². The second kappa shape index (κ2) is 7.55. The van der Waals surface area contributed by atoms with Crippen LogP contribution in [0.5, 0.6) is 0 Å². The van der Waals surface area contributed by atoms with Crippen LogP contribution < -0.4 is 5.32 Å². The molecule has 3 nitrogen and oxygen atoms in total. The van der Waals surface area contributed by atoms with Crippen molar-refractivity contribution in [3.8, 4) is 0 Å². The van der Waals surface area contributed by atoms with E-state index in [4.69, 9.17) is 23.2 Å². The van der Waals surface area contributed by atoms with Crippen LogP contribution in [0.25, 0.3) is 0 Å². The topological polar surface area (TPSA) is 37.8 Å². The standard InChI is InChI=1S/C11H8BrCl2N3S.ClH/c1-18-11-15-5-7(12)10(17-11)16-6-2-3-8(13)9(14)4-6;/h2-5H,1H3,(H,15,16,17);1H. The molecular weight excluding hydrogens is 392 g/mol. The molecule has 0 saturated heterocycles. The molecule has 0 fully saturated rings. The third-order valence-electron chi connectivity index (χ3n) is 2.09. The van der Waals surface area contributed by atoms with Crippen molar-refractivity contribution in [2.75, 3.05) is 11.6 Å². The summed E-state index contributed by atoms with van der Waals surface area (Å²) in [6.45, 7) is 0. The van der Waals surface area contributed by atoms with Gasteiger partial charge >= 0.3 is 0 Å². The minimum atomic E-state index is 0. The molecule has 102 valence electrons. The van der Waals surface area contributed by atoms with E-state index in [0.29, 0.717) is 21.0 Å². The Balaban J connectivity index is 0.00000180. The van der Waals surface area contributed by atoms with E-state index in [0.717, 1.165) is 10.2 Å². The molecule has 1 aromatic heterocycles. The van der Waals surface area contributed by atoms with Crippen molar-refractivity contribution in [1.82, 2.24) is 9.97 Å². The van der Waals surface area contributed by atoms with Crippen molar-refractivity contribution in [1.29, 1.82) is 0 Å². The zero-order chi connectivity index (χ0) is 13.1. The summed E-state index contributed by atoms with van der Waals surface area (Å²) in [6.07, 6.45) is 3.63. The van der Waals surface area contributed by atoms with Crippen LogP contribution in [-0.4, -0.2) is 16.2 Å². The second-order valence-electron chi connectivity index (χ2n) is 3.31. The zero-order valence-electron chi connectivity index (χ0n) is 9.65. The molecule has 2 rings (SSSR count). The third-order valence-corrected chi connectivity index (χ3v) is 3.97. The third kappa shape index (κ3) is 4.39. The Morgan fingerprint density at radius 2 is 2.00 bits per heavy atom. The summed E-state index contributed by atoms with van der Waals surface area (Å²) in [4.78, 5) is 8.50. The first-order valence-electron chi connectivity index (χ1n) is 4.89. The summed E-state index contributed by atoms with van der Waals surface area (Å²) < 4.78 is 0.784. The highest BCUT2D eigenvalue weighted by atomic mass is 79.9. The molecule has 2 aromatic rings. The van der Waals surface area contributed by atoms with Crippen molar-refractivity contribution in [2.24, 2.45) is 0 Å². The van der Waals surface area contributed by atoms with Crippen LogP contribution in [0, 0.1) is 0 Å². The molecule has 0 spiro atoms. The lowest BCUT2D eigenvalue weighted by Gasteiger charge is -2.09. The van der Waals surface area contributed by atoms with Gasteiger partial charge in [0.25, 0.3) is 0 Å². The predicted octanol–water partition coefficient (Wildman–Crippen LogP) is 5.43. The van der Waals surface area contributed by atoms with E-state index in [1.165, 1.54) is 11.8 Å². The molecule has 0 aliphatic rings. The average Bonchev–Trinajstić information content (AvgIpc) is 2.36. The van der Waals surface area contributed by atoms with Crippen LogP contribution in [0.4, 0.5) is 11.5 Å². The van der Waals surface area contributed by atoms with Crippen LogP contribution in [0.1, 0.15) is 0 Å². The Hall–Kier alpha value is -0.200. The fourth-order valence-electron chi connectivity index (χ4n) is 1.25.